The molecule has 0 bridgehead atoms. The summed E-state index contributed by atoms with van der Waals surface area (Å²) in [4.78, 5) is 10.8. The number of aliphatic carboxylic acids is 1. The van der Waals surface area contributed by atoms with Gasteiger partial charge in [0.2, 0.25) is 5.54 Å². The smallest absolute Gasteiger partial charge is 0.366 e. The van der Waals surface area contributed by atoms with Crippen molar-refractivity contribution in [3.8, 4) is 5.75 Å². The Kier molecular flexibility index (Phi) is 1.75. The largest absolute Gasteiger partial charge is 0.508 e. The van der Waals surface area contributed by atoms with Gasteiger partial charge in [0.1, 0.15) is 5.75 Å². The van der Waals surface area contributed by atoms with Gasteiger partial charge in [0.05, 0.1) is 5.92 Å². The molecule has 74 valence electrons. The predicted octanol–water partition coefficient (Wildman–Crippen LogP) is -0.0552. The first-order valence-corrected chi connectivity index (χ1v) is 4.42. The van der Waals surface area contributed by atoms with Crippen LogP contribution in [0.3, 0.4) is 0 Å². The van der Waals surface area contributed by atoms with Crippen LogP contribution in [-0.2, 0) is 4.79 Å². The number of benzene rings is 1. The van der Waals surface area contributed by atoms with Crippen LogP contribution in [-0.4, -0.2) is 21.7 Å². The summed E-state index contributed by atoms with van der Waals surface area (Å²) >= 11 is 0. The molecule has 1 saturated carbocycles. The Balaban J connectivity index is 2.21. The number of carboxylic acids is 1. The monoisotopic (exact) mass is 194 g/mol. The van der Waals surface area contributed by atoms with E-state index in [1.807, 2.05) is 0 Å². The van der Waals surface area contributed by atoms with Gasteiger partial charge in [-0.2, -0.15) is 0 Å². The Morgan fingerprint density at radius 3 is 2.43 bits per heavy atom. The third-order valence-corrected chi connectivity index (χ3v) is 2.80. The summed E-state index contributed by atoms with van der Waals surface area (Å²) in [5, 5.41) is 18.0. The van der Waals surface area contributed by atoms with Crippen molar-refractivity contribution in [1.82, 2.24) is 0 Å². The molecule has 4 heteroatoms. The van der Waals surface area contributed by atoms with Gasteiger partial charge in [-0.15, -0.1) is 0 Å². The van der Waals surface area contributed by atoms with Gasteiger partial charge in [-0.25, -0.2) is 4.79 Å². The third kappa shape index (κ3) is 1.24. The fraction of sp³-hybridized carbons (Fsp3) is 0.300. The average Bonchev–Trinajstić information content (AvgIpc) is 2.81. The maximum Gasteiger partial charge on any atom is 0.366 e. The molecule has 0 unspecified atom stereocenters. The summed E-state index contributed by atoms with van der Waals surface area (Å²) in [5.41, 5.74) is 3.78. The minimum Gasteiger partial charge on any atom is -0.508 e. The predicted molar refractivity (Wildman–Crippen MR) is 48.7 cm³/mol. The summed E-state index contributed by atoms with van der Waals surface area (Å²) in [6.07, 6.45) is 0.576. The SMILES string of the molecule is [NH3+][C@@]1(C(=O)O)C[C@H]1c1ccc(O)cc1. The average molecular weight is 194 g/mol. The van der Waals surface area contributed by atoms with E-state index in [9.17, 15) is 4.79 Å². The molecule has 0 aliphatic heterocycles. The van der Waals surface area contributed by atoms with Crippen molar-refractivity contribution < 1.29 is 20.7 Å². The summed E-state index contributed by atoms with van der Waals surface area (Å²) in [6.45, 7) is 0. The summed E-state index contributed by atoms with van der Waals surface area (Å²) in [5.74, 6) is -0.671. The van der Waals surface area contributed by atoms with Gasteiger partial charge in [-0.3, -0.25) is 0 Å². The van der Waals surface area contributed by atoms with Crippen LogP contribution >= 0.6 is 0 Å². The van der Waals surface area contributed by atoms with Crippen molar-refractivity contribution in [2.45, 2.75) is 17.9 Å². The van der Waals surface area contributed by atoms with Crippen LogP contribution in [0.2, 0.25) is 0 Å². The topological polar surface area (TPSA) is 85.2 Å². The molecule has 1 aromatic carbocycles. The second-order valence-corrected chi connectivity index (χ2v) is 3.81. The van der Waals surface area contributed by atoms with Gasteiger partial charge in [-0.1, -0.05) is 12.1 Å². The Hall–Kier alpha value is -1.55. The molecule has 0 saturated heterocycles. The van der Waals surface area contributed by atoms with E-state index < -0.39 is 11.5 Å². The minimum absolute atomic E-state index is 0.0133. The van der Waals surface area contributed by atoms with E-state index >= 15 is 0 Å². The number of hydrogen-bond acceptors (Lipinski definition) is 2. The zero-order valence-electron chi connectivity index (χ0n) is 7.60. The number of carbonyl (C=O) groups is 1. The van der Waals surface area contributed by atoms with Crippen LogP contribution in [0.1, 0.15) is 17.9 Å². The van der Waals surface area contributed by atoms with Crippen LogP contribution in [0.15, 0.2) is 24.3 Å². The Bertz CT molecular complexity index is 373. The number of phenolic OH excluding ortho intramolecular Hbond substituents is 1. The van der Waals surface area contributed by atoms with Gasteiger partial charge >= 0.3 is 5.97 Å². The molecule has 5 N–H and O–H groups in total. The van der Waals surface area contributed by atoms with Crippen molar-refractivity contribution >= 4 is 5.97 Å². The molecule has 0 amide bonds. The van der Waals surface area contributed by atoms with Crippen LogP contribution in [0.5, 0.6) is 5.75 Å². The number of quaternary nitrogens is 1. The first-order valence-electron chi connectivity index (χ1n) is 4.42. The lowest BCUT2D eigenvalue weighted by atomic mass is 10.1. The number of carboxylic acid groups (broad SMARTS) is 1. The highest BCUT2D eigenvalue weighted by atomic mass is 16.4. The quantitative estimate of drug-likeness (QED) is 0.616. The van der Waals surface area contributed by atoms with Crippen LogP contribution < -0.4 is 5.73 Å². The van der Waals surface area contributed by atoms with Crippen LogP contribution in [0.4, 0.5) is 0 Å². The van der Waals surface area contributed by atoms with Gasteiger partial charge in [0.15, 0.2) is 0 Å². The van der Waals surface area contributed by atoms with E-state index in [4.69, 9.17) is 10.2 Å². The third-order valence-electron chi connectivity index (χ3n) is 2.80. The fourth-order valence-corrected chi connectivity index (χ4v) is 1.69. The van der Waals surface area contributed by atoms with Gasteiger partial charge < -0.3 is 15.9 Å². The highest BCUT2D eigenvalue weighted by molar-refractivity contribution is 5.82. The first kappa shape index (κ1) is 9.02. The molecular formula is C10H12NO3+. The highest BCUT2D eigenvalue weighted by Crippen LogP contribution is 2.48. The lowest BCUT2D eigenvalue weighted by Gasteiger charge is -2.02. The van der Waals surface area contributed by atoms with E-state index in [1.54, 1.807) is 24.3 Å². The molecule has 1 aliphatic carbocycles. The van der Waals surface area contributed by atoms with Crippen molar-refractivity contribution in [2.75, 3.05) is 0 Å². The molecule has 0 radical (unpaired) electrons. The van der Waals surface area contributed by atoms with E-state index in [2.05, 4.69) is 5.73 Å². The summed E-state index contributed by atoms with van der Waals surface area (Å²) < 4.78 is 0. The van der Waals surface area contributed by atoms with Gasteiger partial charge in [0.25, 0.3) is 0 Å². The van der Waals surface area contributed by atoms with Crippen molar-refractivity contribution in [3.63, 3.8) is 0 Å². The van der Waals surface area contributed by atoms with E-state index in [1.165, 1.54) is 0 Å². The van der Waals surface area contributed by atoms with Crippen LogP contribution in [0, 0.1) is 0 Å². The summed E-state index contributed by atoms with van der Waals surface area (Å²) in [6, 6.07) is 6.62. The van der Waals surface area contributed by atoms with E-state index in [-0.39, 0.29) is 11.7 Å². The minimum atomic E-state index is -0.851. The molecule has 14 heavy (non-hydrogen) atoms. The Morgan fingerprint density at radius 2 is 2.00 bits per heavy atom. The normalized spacial score (nSPS) is 29.9. The standard InChI is InChI=1S/C10H11NO3/c11-10(9(13)14)5-8(10)6-1-3-7(12)4-2-6/h1-4,8,12H,5,11H2,(H,13,14)/p+1/t8-,10-/m0/s1. The first-order chi connectivity index (χ1) is 6.54. The molecular weight excluding hydrogens is 182 g/mol. The molecule has 1 aromatic rings. The van der Waals surface area contributed by atoms with Crippen LogP contribution in [0.25, 0.3) is 0 Å². The maximum atomic E-state index is 10.8. The molecule has 4 nitrogen and oxygen atoms in total. The van der Waals surface area contributed by atoms with E-state index in [0.29, 0.717) is 6.42 Å². The van der Waals surface area contributed by atoms with Crippen molar-refractivity contribution in [1.29, 1.82) is 0 Å². The molecule has 0 heterocycles. The molecule has 2 atom stereocenters. The second-order valence-electron chi connectivity index (χ2n) is 3.81. The number of phenols is 1. The maximum absolute atomic E-state index is 10.8. The van der Waals surface area contributed by atoms with Crippen molar-refractivity contribution in [2.24, 2.45) is 0 Å². The van der Waals surface area contributed by atoms with Gasteiger partial charge in [-0.05, 0) is 17.7 Å². The summed E-state index contributed by atoms with van der Waals surface area (Å²) in [7, 11) is 0. The lowest BCUT2D eigenvalue weighted by molar-refractivity contribution is -0.426. The van der Waals surface area contributed by atoms with Crippen molar-refractivity contribution in [3.05, 3.63) is 29.8 Å². The number of rotatable bonds is 2. The molecule has 2 rings (SSSR count). The molecule has 0 spiro atoms. The zero-order valence-corrected chi connectivity index (χ0v) is 7.60. The molecule has 0 aromatic heterocycles. The van der Waals surface area contributed by atoms with E-state index in [0.717, 1.165) is 5.56 Å². The molecule has 1 fully saturated rings. The number of aromatic hydroxyl groups is 1. The Labute approximate surface area is 81.0 Å². The van der Waals surface area contributed by atoms with Gasteiger partial charge in [0, 0.05) is 6.42 Å². The lowest BCUT2D eigenvalue weighted by Crippen LogP contribution is -2.68. The Morgan fingerprint density at radius 1 is 1.43 bits per heavy atom. The fourth-order valence-electron chi connectivity index (χ4n) is 1.69. The highest BCUT2D eigenvalue weighted by Gasteiger charge is 2.62. The number of hydrogen-bond donors (Lipinski definition) is 3. The zero-order chi connectivity index (χ0) is 10.3. The molecule has 1 aliphatic rings. The second kappa shape index (κ2) is 2.72.